The van der Waals surface area contributed by atoms with Gasteiger partial charge in [0.05, 0.1) is 16.8 Å². The van der Waals surface area contributed by atoms with Gasteiger partial charge >= 0.3 is 0 Å². The van der Waals surface area contributed by atoms with Gasteiger partial charge in [0.25, 0.3) is 0 Å². The Kier molecular flexibility index (Phi) is 5.36. The summed E-state index contributed by atoms with van der Waals surface area (Å²) in [5.74, 6) is 0. The molecule has 1 aliphatic rings. The largest absolute Gasteiger partial charge is 0.341 e. The van der Waals surface area contributed by atoms with Crippen LogP contribution in [-0.4, -0.2) is 11.5 Å². The molecule has 2 aromatic carbocycles. The molecule has 3 heteroatoms. The van der Waals surface area contributed by atoms with E-state index in [2.05, 4.69) is 65.4 Å². The maximum Gasteiger partial charge on any atom is 0.101 e. The maximum atomic E-state index is 9.56. The van der Waals surface area contributed by atoms with Gasteiger partial charge in [-0.05, 0) is 48.9 Å². The molecule has 1 aliphatic heterocycles. The van der Waals surface area contributed by atoms with Crippen molar-refractivity contribution in [3.8, 4) is 6.07 Å². The summed E-state index contributed by atoms with van der Waals surface area (Å²) < 4.78 is 0. The molecular weight excluding hydrogens is 354 g/mol. The fourth-order valence-electron chi connectivity index (χ4n) is 3.48. The van der Waals surface area contributed by atoms with Crippen molar-refractivity contribution in [2.24, 2.45) is 0 Å². The van der Waals surface area contributed by atoms with Crippen molar-refractivity contribution in [3.63, 3.8) is 0 Å². The Morgan fingerprint density at radius 3 is 2.69 bits per heavy atom. The standard InChI is InChI=1S/C26H21N3/c1-2-29-23(17-15-21-10-5-8-14-26(21)29)12-6-3-11-22(19-27)25-18-16-20-9-4-7-13-24(20)28-25/h3-18H,2H2,1H3/b6-3+,22-11+,23-12+. The number of hydrogen-bond donors (Lipinski definition) is 0. The van der Waals surface area contributed by atoms with Gasteiger partial charge in [0.2, 0.25) is 0 Å². The molecule has 140 valence electrons. The minimum Gasteiger partial charge on any atom is -0.341 e. The van der Waals surface area contributed by atoms with E-state index in [0.29, 0.717) is 11.3 Å². The van der Waals surface area contributed by atoms with Crippen LogP contribution in [0.2, 0.25) is 0 Å². The molecule has 3 aromatic rings. The van der Waals surface area contributed by atoms with Crippen molar-refractivity contribution < 1.29 is 0 Å². The van der Waals surface area contributed by atoms with Gasteiger partial charge in [-0.1, -0.05) is 60.7 Å². The molecule has 1 aromatic heterocycles. The predicted molar refractivity (Wildman–Crippen MR) is 121 cm³/mol. The Balaban J connectivity index is 1.58. The summed E-state index contributed by atoms with van der Waals surface area (Å²) in [6.45, 7) is 3.04. The van der Waals surface area contributed by atoms with Crippen LogP contribution in [0.15, 0.2) is 96.7 Å². The summed E-state index contributed by atoms with van der Waals surface area (Å²) in [6, 6.07) is 22.4. The number of benzene rings is 2. The molecule has 0 saturated heterocycles. The Bertz CT molecular complexity index is 1210. The molecule has 0 amide bonds. The van der Waals surface area contributed by atoms with Crippen molar-refractivity contribution in [3.05, 3.63) is 108 Å². The van der Waals surface area contributed by atoms with Gasteiger partial charge in [-0.25, -0.2) is 4.98 Å². The Morgan fingerprint density at radius 2 is 1.83 bits per heavy atom. The van der Waals surface area contributed by atoms with Crippen LogP contribution in [0.5, 0.6) is 0 Å². The van der Waals surface area contributed by atoms with Crippen molar-refractivity contribution in [1.82, 2.24) is 4.98 Å². The van der Waals surface area contributed by atoms with E-state index in [-0.39, 0.29) is 0 Å². The highest BCUT2D eigenvalue weighted by atomic mass is 15.1. The van der Waals surface area contributed by atoms with Crippen molar-refractivity contribution in [1.29, 1.82) is 5.26 Å². The molecule has 0 unspecified atom stereocenters. The zero-order valence-corrected chi connectivity index (χ0v) is 16.3. The van der Waals surface area contributed by atoms with E-state index in [1.165, 1.54) is 11.3 Å². The second-order valence-corrected chi connectivity index (χ2v) is 6.69. The third kappa shape index (κ3) is 3.88. The van der Waals surface area contributed by atoms with Crippen LogP contribution in [0, 0.1) is 11.3 Å². The summed E-state index contributed by atoms with van der Waals surface area (Å²) in [5.41, 5.74) is 5.68. The second kappa shape index (κ2) is 8.41. The highest BCUT2D eigenvalue weighted by molar-refractivity contribution is 5.84. The number of nitriles is 1. The summed E-state index contributed by atoms with van der Waals surface area (Å²) in [7, 11) is 0. The molecule has 4 rings (SSSR count). The fourth-order valence-corrected chi connectivity index (χ4v) is 3.48. The van der Waals surface area contributed by atoms with E-state index in [1.807, 2.05) is 54.6 Å². The van der Waals surface area contributed by atoms with Crippen LogP contribution in [0.25, 0.3) is 22.6 Å². The summed E-state index contributed by atoms with van der Waals surface area (Å²) >= 11 is 0. The third-order valence-electron chi connectivity index (χ3n) is 4.92. The molecule has 29 heavy (non-hydrogen) atoms. The lowest BCUT2D eigenvalue weighted by atomic mass is 10.1. The number of pyridine rings is 1. The van der Waals surface area contributed by atoms with E-state index in [0.717, 1.165) is 23.1 Å². The van der Waals surface area contributed by atoms with Crippen molar-refractivity contribution >= 4 is 28.2 Å². The first kappa shape index (κ1) is 18.5. The van der Waals surface area contributed by atoms with Gasteiger partial charge in [-0.3, -0.25) is 0 Å². The number of para-hydroxylation sites is 2. The van der Waals surface area contributed by atoms with E-state index >= 15 is 0 Å². The van der Waals surface area contributed by atoms with Crippen LogP contribution >= 0.6 is 0 Å². The minimum absolute atomic E-state index is 0.544. The van der Waals surface area contributed by atoms with Gasteiger partial charge < -0.3 is 4.90 Å². The number of fused-ring (bicyclic) bond motifs is 2. The molecule has 0 atom stereocenters. The SMILES string of the molecule is CCN1/C(=C/C=C/C=C(\C#N)c2ccc3ccccc3n2)C=Cc2ccccc21. The third-order valence-corrected chi connectivity index (χ3v) is 4.92. The van der Waals surface area contributed by atoms with Gasteiger partial charge in [0, 0.05) is 23.3 Å². The maximum absolute atomic E-state index is 9.56. The average Bonchev–Trinajstić information content (AvgIpc) is 2.78. The fraction of sp³-hybridized carbons (Fsp3) is 0.0769. The first-order valence-corrected chi connectivity index (χ1v) is 9.69. The topological polar surface area (TPSA) is 39.9 Å². The van der Waals surface area contributed by atoms with Crippen molar-refractivity contribution in [2.75, 3.05) is 11.4 Å². The molecule has 0 aliphatic carbocycles. The number of anilines is 1. The van der Waals surface area contributed by atoms with Gasteiger partial charge in [0.1, 0.15) is 6.07 Å². The first-order chi connectivity index (χ1) is 14.3. The zero-order valence-electron chi connectivity index (χ0n) is 16.3. The van der Waals surface area contributed by atoms with Gasteiger partial charge in [-0.2, -0.15) is 5.26 Å². The Morgan fingerprint density at radius 1 is 1.00 bits per heavy atom. The van der Waals surface area contributed by atoms with Crippen LogP contribution < -0.4 is 4.90 Å². The Labute approximate surface area is 171 Å². The van der Waals surface area contributed by atoms with Crippen LogP contribution in [0.3, 0.4) is 0 Å². The van der Waals surface area contributed by atoms with Crippen LogP contribution in [0.4, 0.5) is 5.69 Å². The molecule has 2 heterocycles. The molecule has 0 N–H and O–H groups in total. The van der Waals surface area contributed by atoms with Gasteiger partial charge in [-0.15, -0.1) is 0 Å². The molecule has 0 bridgehead atoms. The number of allylic oxidation sites excluding steroid dienone is 6. The predicted octanol–water partition coefficient (Wildman–Crippen LogP) is 6.14. The average molecular weight is 375 g/mol. The van der Waals surface area contributed by atoms with Gasteiger partial charge in [0.15, 0.2) is 0 Å². The lowest BCUT2D eigenvalue weighted by Crippen LogP contribution is -2.23. The number of aromatic nitrogens is 1. The molecule has 3 nitrogen and oxygen atoms in total. The lowest BCUT2D eigenvalue weighted by Gasteiger charge is -2.29. The number of likely N-dealkylation sites (N-methyl/N-ethyl adjacent to an activating group) is 1. The molecule has 0 fully saturated rings. The first-order valence-electron chi connectivity index (χ1n) is 9.69. The molecule has 0 spiro atoms. The monoisotopic (exact) mass is 375 g/mol. The summed E-state index contributed by atoms with van der Waals surface area (Å²) in [4.78, 5) is 6.88. The molecular formula is C26H21N3. The zero-order chi connectivity index (χ0) is 20.1. The normalized spacial score (nSPS) is 15.1. The number of rotatable bonds is 4. The van der Waals surface area contributed by atoms with E-state index in [4.69, 9.17) is 0 Å². The van der Waals surface area contributed by atoms with E-state index in [1.54, 1.807) is 0 Å². The highest BCUT2D eigenvalue weighted by Crippen LogP contribution is 2.30. The van der Waals surface area contributed by atoms with Crippen LogP contribution in [0.1, 0.15) is 18.2 Å². The second-order valence-electron chi connectivity index (χ2n) is 6.69. The lowest BCUT2D eigenvalue weighted by molar-refractivity contribution is 0.971. The smallest absolute Gasteiger partial charge is 0.101 e. The van der Waals surface area contributed by atoms with Crippen LogP contribution in [-0.2, 0) is 0 Å². The van der Waals surface area contributed by atoms with E-state index < -0.39 is 0 Å². The Hall–Kier alpha value is -3.90. The number of nitrogens with zero attached hydrogens (tertiary/aromatic N) is 3. The quantitative estimate of drug-likeness (QED) is 0.406. The van der Waals surface area contributed by atoms with E-state index in [9.17, 15) is 5.26 Å². The summed E-state index contributed by atoms with van der Waals surface area (Å²) in [5, 5.41) is 10.6. The molecule has 0 saturated carbocycles. The number of hydrogen-bond acceptors (Lipinski definition) is 3. The summed E-state index contributed by atoms with van der Waals surface area (Å²) in [6.07, 6.45) is 12.0. The minimum atomic E-state index is 0.544. The van der Waals surface area contributed by atoms with Crippen molar-refractivity contribution in [2.45, 2.75) is 6.92 Å². The molecule has 0 radical (unpaired) electrons. The highest BCUT2D eigenvalue weighted by Gasteiger charge is 2.14.